The van der Waals surface area contributed by atoms with E-state index in [1.807, 2.05) is 66.4 Å². The first-order valence-corrected chi connectivity index (χ1v) is 10.6. The van der Waals surface area contributed by atoms with Crippen LogP contribution in [-0.4, -0.2) is 40.9 Å². The van der Waals surface area contributed by atoms with E-state index in [4.69, 9.17) is 9.97 Å². The van der Waals surface area contributed by atoms with Gasteiger partial charge in [-0.05, 0) is 25.5 Å². The van der Waals surface area contributed by atoms with Crippen LogP contribution in [0.1, 0.15) is 40.5 Å². The van der Waals surface area contributed by atoms with Gasteiger partial charge in [-0.25, -0.2) is 9.97 Å². The predicted octanol–water partition coefficient (Wildman–Crippen LogP) is 4.50. The number of benzene rings is 2. The molecule has 0 N–H and O–H groups in total. The second kappa shape index (κ2) is 8.66. The fraction of sp³-hybridized carbons (Fsp3) is 0.320. The molecule has 5 heteroatoms. The lowest BCUT2D eigenvalue weighted by molar-refractivity contribution is 0.0733. The molecule has 154 valence electrons. The minimum absolute atomic E-state index is 0.0666. The zero-order valence-corrected chi connectivity index (χ0v) is 17.9. The molecule has 0 unspecified atom stereocenters. The first-order chi connectivity index (χ1) is 14.6. The molecule has 3 aromatic rings. The quantitative estimate of drug-likeness (QED) is 0.633. The second-order valence-electron chi connectivity index (χ2n) is 7.93. The van der Waals surface area contributed by atoms with Gasteiger partial charge in [0, 0.05) is 43.2 Å². The van der Waals surface area contributed by atoms with Crippen LogP contribution in [0.3, 0.4) is 0 Å². The zero-order chi connectivity index (χ0) is 21.1. The summed E-state index contributed by atoms with van der Waals surface area (Å²) < 4.78 is 0. The molecule has 0 radical (unpaired) electrons. The number of anilines is 1. The summed E-state index contributed by atoms with van der Waals surface area (Å²) in [5, 5.41) is 0. The highest BCUT2D eigenvalue weighted by atomic mass is 16.2. The van der Waals surface area contributed by atoms with Gasteiger partial charge in [-0.1, -0.05) is 55.0 Å². The summed E-state index contributed by atoms with van der Waals surface area (Å²) in [6.07, 6.45) is 1.77. The summed E-state index contributed by atoms with van der Waals surface area (Å²) in [6, 6.07) is 17.9. The highest BCUT2D eigenvalue weighted by Crippen LogP contribution is 2.30. The van der Waals surface area contributed by atoms with Gasteiger partial charge >= 0.3 is 0 Å². The number of carbonyl (C=O) groups excluding carboxylic acids is 1. The Morgan fingerprint density at radius 1 is 1.07 bits per heavy atom. The molecule has 30 heavy (non-hydrogen) atoms. The van der Waals surface area contributed by atoms with Gasteiger partial charge in [-0.15, -0.1) is 0 Å². The van der Waals surface area contributed by atoms with Gasteiger partial charge in [-0.2, -0.15) is 0 Å². The molecule has 0 atom stereocenters. The standard InChI is InChI=1S/C25H28N4O/c1-4-15-28(3)24-21-17-29(25(30)20-12-10-18(2)11-13-20)16-14-22(21)26-23(27-24)19-8-6-5-7-9-19/h5-13H,4,14-17H2,1-3H3. The Bertz CT molecular complexity index is 1030. The number of aromatic nitrogens is 2. The maximum Gasteiger partial charge on any atom is 0.254 e. The molecule has 0 bridgehead atoms. The normalized spacial score (nSPS) is 13.1. The Kier molecular flexibility index (Phi) is 5.79. The van der Waals surface area contributed by atoms with E-state index in [2.05, 4.69) is 18.9 Å². The Hall–Kier alpha value is -3.21. The lowest BCUT2D eigenvalue weighted by Crippen LogP contribution is -2.38. The number of hydrogen-bond donors (Lipinski definition) is 0. The number of nitrogens with zero attached hydrogens (tertiary/aromatic N) is 4. The van der Waals surface area contributed by atoms with Crippen LogP contribution < -0.4 is 4.90 Å². The molecule has 0 saturated carbocycles. The van der Waals surface area contributed by atoms with Gasteiger partial charge < -0.3 is 9.80 Å². The van der Waals surface area contributed by atoms with Gasteiger partial charge in [0.05, 0.1) is 12.2 Å². The Morgan fingerprint density at radius 3 is 2.50 bits per heavy atom. The van der Waals surface area contributed by atoms with E-state index >= 15 is 0 Å². The Morgan fingerprint density at radius 2 is 1.80 bits per heavy atom. The smallest absolute Gasteiger partial charge is 0.254 e. The highest BCUT2D eigenvalue weighted by molar-refractivity contribution is 5.94. The summed E-state index contributed by atoms with van der Waals surface area (Å²) >= 11 is 0. The summed E-state index contributed by atoms with van der Waals surface area (Å²) in [7, 11) is 2.07. The van der Waals surface area contributed by atoms with Crippen LogP contribution in [0.5, 0.6) is 0 Å². The van der Waals surface area contributed by atoms with Crippen LogP contribution in [0.4, 0.5) is 5.82 Å². The molecular weight excluding hydrogens is 372 g/mol. The third kappa shape index (κ3) is 4.06. The highest BCUT2D eigenvalue weighted by Gasteiger charge is 2.27. The molecule has 5 nitrogen and oxygen atoms in total. The molecule has 2 heterocycles. The number of rotatable bonds is 5. The first kappa shape index (κ1) is 20.1. The molecule has 0 fully saturated rings. The average Bonchev–Trinajstić information content (AvgIpc) is 2.78. The van der Waals surface area contributed by atoms with Gasteiger partial charge in [0.25, 0.3) is 5.91 Å². The van der Waals surface area contributed by atoms with Crippen molar-refractivity contribution in [2.45, 2.75) is 33.2 Å². The monoisotopic (exact) mass is 400 g/mol. The maximum absolute atomic E-state index is 13.1. The molecule has 2 aromatic carbocycles. The van der Waals surface area contributed by atoms with Crippen molar-refractivity contribution in [3.05, 3.63) is 77.0 Å². The molecule has 1 amide bonds. The summed E-state index contributed by atoms with van der Waals surface area (Å²) in [6.45, 7) is 6.31. The van der Waals surface area contributed by atoms with Crippen LogP contribution in [-0.2, 0) is 13.0 Å². The maximum atomic E-state index is 13.1. The molecule has 1 aliphatic rings. The van der Waals surface area contributed by atoms with Crippen molar-refractivity contribution in [3.8, 4) is 11.4 Å². The van der Waals surface area contributed by atoms with E-state index in [0.29, 0.717) is 13.1 Å². The molecular formula is C25H28N4O. The Balaban J connectivity index is 1.70. The van der Waals surface area contributed by atoms with E-state index in [-0.39, 0.29) is 5.91 Å². The van der Waals surface area contributed by atoms with Gasteiger partial charge in [-0.3, -0.25) is 4.79 Å². The molecule has 0 saturated heterocycles. The number of carbonyl (C=O) groups is 1. The minimum atomic E-state index is 0.0666. The summed E-state index contributed by atoms with van der Waals surface area (Å²) in [5.41, 5.74) is 5.02. The van der Waals surface area contributed by atoms with E-state index in [0.717, 1.165) is 59.0 Å². The number of hydrogen-bond acceptors (Lipinski definition) is 4. The largest absolute Gasteiger partial charge is 0.359 e. The van der Waals surface area contributed by atoms with Crippen LogP contribution in [0.15, 0.2) is 54.6 Å². The number of aryl methyl sites for hydroxylation is 1. The number of fused-ring (bicyclic) bond motifs is 1. The third-order valence-electron chi connectivity index (χ3n) is 5.58. The van der Waals surface area contributed by atoms with E-state index in [9.17, 15) is 4.79 Å². The Labute approximate surface area is 178 Å². The van der Waals surface area contributed by atoms with Crippen molar-refractivity contribution in [2.24, 2.45) is 0 Å². The zero-order valence-electron chi connectivity index (χ0n) is 17.9. The summed E-state index contributed by atoms with van der Waals surface area (Å²) in [4.78, 5) is 27.0. The van der Waals surface area contributed by atoms with Crippen molar-refractivity contribution in [1.82, 2.24) is 14.9 Å². The van der Waals surface area contributed by atoms with Crippen molar-refractivity contribution < 1.29 is 4.79 Å². The van der Waals surface area contributed by atoms with Crippen LogP contribution in [0, 0.1) is 6.92 Å². The average molecular weight is 401 g/mol. The molecule has 0 aliphatic carbocycles. The summed E-state index contributed by atoms with van der Waals surface area (Å²) in [5.74, 6) is 1.75. The minimum Gasteiger partial charge on any atom is -0.359 e. The predicted molar refractivity (Wildman–Crippen MR) is 121 cm³/mol. The molecule has 1 aliphatic heterocycles. The van der Waals surface area contributed by atoms with E-state index < -0.39 is 0 Å². The molecule has 1 aromatic heterocycles. The lowest BCUT2D eigenvalue weighted by atomic mass is 10.0. The first-order valence-electron chi connectivity index (χ1n) is 10.6. The van der Waals surface area contributed by atoms with Crippen molar-refractivity contribution >= 4 is 11.7 Å². The van der Waals surface area contributed by atoms with Crippen LogP contribution in [0.25, 0.3) is 11.4 Å². The topological polar surface area (TPSA) is 49.3 Å². The fourth-order valence-corrected chi connectivity index (χ4v) is 3.92. The lowest BCUT2D eigenvalue weighted by Gasteiger charge is -2.32. The van der Waals surface area contributed by atoms with Gasteiger partial charge in [0.15, 0.2) is 5.82 Å². The SMILES string of the molecule is CCCN(C)c1nc(-c2ccccc2)nc2c1CN(C(=O)c1ccc(C)cc1)CC2. The number of amides is 1. The third-order valence-corrected chi connectivity index (χ3v) is 5.58. The van der Waals surface area contributed by atoms with Crippen molar-refractivity contribution in [2.75, 3.05) is 25.0 Å². The van der Waals surface area contributed by atoms with Crippen LogP contribution in [0.2, 0.25) is 0 Å². The van der Waals surface area contributed by atoms with E-state index in [1.165, 1.54) is 0 Å². The van der Waals surface area contributed by atoms with Gasteiger partial charge in [0.1, 0.15) is 5.82 Å². The van der Waals surface area contributed by atoms with E-state index in [1.54, 1.807) is 0 Å². The second-order valence-corrected chi connectivity index (χ2v) is 7.93. The molecule has 0 spiro atoms. The van der Waals surface area contributed by atoms with Crippen molar-refractivity contribution in [3.63, 3.8) is 0 Å². The fourth-order valence-electron chi connectivity index (χ4n) is 3.92. The van der Waals surface area contributed by atoms with Gasteiger partial charge in [0.2, 0.25) is 0 Å². The molecule has 4 rings (SSSR count). The van der Waals surface area contributed by atoms with Crippen molar-refractivity contribution in [1.29, 1.82) is 0 Å². The van der Waals surface area contributed by atoms with Crippen LogP contribution >= 0.6 is 0 Å².